The van der Waals surface area contributed by atoms with Crippen LogP contribution in [0.4, 0.5) is 9.52 Å². The van der Waals surface area contributed by atoms with Crippen molar-refractivity contribution in [3.8, 4) is 0 Å². The van der Waals surface area contributed by atoms with E-state index in [1.165, 1.54) is 23.5 Å². The van der Waals surface area contributed by atoms with Crippen LogP contribution in [0, 0.1) is 11.7 Å². The van der Waals surface area contributed by atoms with Crippen LogP contribution in [0.1, 0.15) is 30.8 Å². The van der Waals surface area contributed by atoms with Crippen molar-refractivity contribution in [2.45, 2.75) is 32.7 Å². The zero-order valence-corrected chi connectivity index (χ0v) is 14.6. The minimum atomic E-state index is -0.569. The molecule has 0 aliphatic carbocycles. The van der Waals surface area contributed by atoms with Crippen LogP contribution in [-0.2, 0) is 11.2 Å². The topological polar surface area (TPSA) is 80.9 Å². The largest absolute Gasteiger partial charge is 0.320 e. The number of carbonyl (C=O) groups is 1. The average molecular weight is 359 g/mol. The van der Waals surface area contributed by atoms with Gasteiger partial charge in [0.15, 0.2) is 0 Å². The molecule has 2 rings (SSSR count). The summed E-state index contributed by atoms with van der Waals surface area (Å²) in [5.41, 5.74) is 6.68. The summed E-state index contributed by atoms with van der Waals surface area (Å²) in [6.45, 7) is 3.92. The molecule has 0 saturated heterocycles. The monoisotopic (exact) mass is 358 g/mol. The van der Waals surface area contributed by atoms with E-state index in [9.17, 15) is 9.18 Å². The second kappa shape index (κ2) is 8.90. The number of nitrogens with zero attached hydrogens (tertiary/aromatic N) is 2. The number of nitrogens with one attached hydrogen (secondary N) is 1. The van der Waals surface area contributed by atoms with Crippen molar-refractivity contribution in [3.05, 3.63) is 40.7 Å². The SMILES string of the molecule is CCC(C)C(N)C(=O)Nc1nnc(Cc2cccc(F)c2)s1.Cl. The number of nitrogens with two attached hydrogens (primary N) is 1. The highest BCUT2D eigenvalue weighted by atomic mass is 35.5. The van der Waals surface area contributed by atoms with Crippen molar-refractivity contribution in [1.29, 1.82) is 0 Å². The minimum Gasteiger partial charge on any atom is -0.320 e. The van der Waals surface area contributed by atoms with Gasteiger partial charge in [-0.25, -0.2) is 4.39 Å². The van der Waals surface area contributed by atoms with E-state index >= 15 is 0 Å². The molecule has 0 fully saturated rings. The lowest BCUT2D eigenvalue weighted by atomic mass is 10.00. The van der Waals surface area contributed by atoms with Gasteiger partial charge in [-0.2, -0.15) is 0 Å². The van der Waals surface area contributed by atoms with E-state index in [-0.39, 0.29) is 30.0 Å². The second-order valence-corrected chi connectivity index (χ2v) is 6.27. The molecule has 5 nitrogen and oxygen atoms in total. The number of carbonyl (C=O) groups excluding carboxylic acids is 1. The highest BCUT2D eigenvalue weighted by molar-refractivity contribution is 7.15. The number of hydrogen-bond donors (Lipinski definition) is 2. The van der Waals surface area contributed by atoms with Crippen LogP contribution in [0.25, 0.3) is 0 Å². The summed E-state index contributed by atoms with van der Waals surface area (Å²) in [4.78, 5) is 12.0. The Bertz CT molecular complexity index is 652. The van der Waals surface area contributed by atoms with Crippen LogP contribution in [0.15, 0.2) is 24.3 Å². The maximum absolute atomic E-state index is 13.1. The highest BCUT2D eigenvalue weighted by Gasteiger charge is 2.20. The summed E-state index contributed by atoms with van der Waals surface area (Å²) >= 11 is 1.27. The third-order valence-corrected chi connectivity index (χ3v) is 4.34. The number of rotatable bonds is 6. The summed E-state index contributed by atoms with van der Waals surface area (Å²) in [7, 11) is 0. The highest BCUT2D eigenvalue weighted by Crippen LogP contribution is 2.19. The first-order chi connectivity index (χ1) is 10.5. The van der Waals surface area contributed by atoms with E-state index in [1.54, 1.807) is 6.07 Å². The van der Waals surface area contributed by atoms with E-state index in [0.29, 0.717) is 16.6 Å². The fraction of sp³-hybridized carbons (Fsp3) is 0.400. The lowest BCUT2D eigenvalue weighted by Crippen LogP contribution is -2.40. The summed E-state index contributed by atoms with van der Waals surface area (Å²) < 4.78 is 13.1. The Hall–Kier alpha value is -1.57. The molecule has 0 saturated carbocycles. The normalized spacial score (nSPS) is 13.0. The maximum Gasteiger partial charge on any atom is 0.243 e. The van der Waals surface area contributed by atoms with Gasteiger partial charge in [0.1, 0.15) is 10.8 Å². The number of aromatic nitrogens is 2. The lowest BCUT2D eigenvalue weighted by molar-refractivity contribution is -0.118. The Labute approximate surface area is 144 Å². The fourth-order valence-corrected chi connectivity index (χ4v) is 2.68. The van der Waals surface area contributed by atoms with Crippen LogP contribution >= 0.6 is 23.7 Å². The second-order valence-electron chi connectivity index (χ2n) is 5.21. The van der Waals surface area contributed by atoms with E-state index in [1.807, 2.05) is 19.9 Å². The van der Waals surface area contributed by atoms with Crippen LogP contribution < -0.4 is 11.1 Å². The molecule has 1 heterocycles. The molecule has 2 unspecified atom stereocenters. The van der Waals surface area contributed by atoms with Crippen LogP contribution in [0.3, 0.4) is 0 Å². The van der Waals surface area contributed by atoms with E-state index in [4.69, 9.17) is 5.73 Å². The molecule has 1 amide bonds. The van der Waals surface area contributed by atoms with Gasteiger partial charge in [-0.05, 0) is 23.6 Å². The first-order valence-corrected chi connectivity index (χ1v) is 7.94. The van der Waals surface area contributed by atoms with Gasteiger partial charge in [-0.3, -0.25) is 10.1 Å². The van der Waals surface area contributed by atoms with Crippen LogP contribution in [-0.4, -0.2) is 22.1 Å². The molecule has 2 atom stereocenters. The quantitative estimate of drug-likeness (QED) is 0.831. The summed E-state index contributed by atoms with van der Waals surface area (Å²) in [6, 6.07) is 5.76. The van der Waals surface area contributed by atoms with Gasteiger partial charge in [0.25, 0.3) is 0 Å². The first-order valence-electron chi connectivity index (χ1n) is 7.13. The molecule has 0 aliphatic rings. The molecular formula is C15H20ClFN4OS. The van der Waals surface area contributed by atoms with Gasteiger partial charge in [0.2, 0.25) is 11.0 Å². The first kappa shape index (κ1) is 19.5. The molecule has 8 heteroatoms. The van der Waals surface area contributed by atoms with E-state index in [2.05, 4.69) is 15.5 Å². The van der Waals surface area contributed by atoms with Gasteiger partial charge in [-0.15, -0.1) is 22.6 Å². The zero-order valence-electron chi connectivity index (χ0n) is 13.0. The third kappa shape index (κ3) is 5.53. The third-order valence-electron chi connectivity index (χ3n) is 3.50. The number of amides is 1. The van der Waals surface area contributed by atoms with Crippen molar-refractivity contribution >= 4 is 34.8 Å². The molecule has 126 valence electrons. The van der Waals surface area contributed by atoms with Crippen molar-refractivity contribution in [2.75, 3.05) is 5.32 Å². The fourth-order valence-electron chi connectivity index (χ4n) is 1.90. The van der Waals surface area contributed by atoms with Gasteiger partial charge in [0.05, 0.1) is 6.04 Å². The van der Waals surface area contributed by atoms with Crippen molar-refractivity contribution in [2.24, 2.45) is 11.7 Å². The standard InChI is InChI=1S/C15H19FN4OS.ClH/c1-3-9(2)13(17)14(21)18-15-20-19-12(22-15)8-10-5-4-6-11(16)7-10;/h4-7,9,13H,3,8,17H2,1-2H3,(H,18,20,21);1H. The van der Waals surface area contributed by atoms with Crippen LogP contribution in [0.5, 0.6) is 0 Å². The Morgan fingerprint density at radius 1 is 1.43 bits per heavy atom. The minimum absolute atomic E-state index is 0. The Morgan fingerprint density at radius 2 is 2.17 bits per heavy atom. The summed E-state index contributed by atoms with van der Waals surface area (Å²) in [6.07, 6.45) is 1.30. The summed E-state index contributed by atoms with van der Waals surface area (Å²) in [5.74, 6) is -0.447. The molecule has 0 bridgehead atoms. The van der Waals surface area contributed by atoms with E-state index < -0.39 is 6.04 Å². The molecule has 1 aromatic carbocycles. The Balaban J connectivity index is 0.00000264. The average Bonchev–Trinajstić information content (AvgIpc) is 2.92. The molecule has 3 N–H and O–H groups in total. The van der Waals surface area contributed by atoms with Gasteiger partial charge < -0.3 is 5.73 Å². The maximum atomic E-state index is 13.1. The number of halogens is 2. The smallest absolute Gasteiger partial charge is 0.243 e. The number of benzene rings is 1. The summed E-state index contributed by atoms with van der Waals surface area (Å²) in [5, 5.41) is 11.7. The van der Waals surface area contributed by atoms with Crippen molar-refractivity contribution < 1.29 is 9.18 Å². The predicted molar refractivity (Wildman–Crippen MR) is 92.4 cm³/mol. The van der Waals surface area contributed by atoms with Crippen molar-refractivity contribution in [3.63, 3.8) is 0 Å². The molecule has 23 heavy (non-hydrogen) atoms. The predicted octanol–water partition coefficient (Wildman–Crippen LogP) is 3.00. The molecule has 0 aliphatic heterocycles. The molecule has 1 aromatic heterocycles. The van der Waals surface area contributed by atoms with Gasteiger partial charge >= 0.3 is 0 Å². The Kier molecular flexibility index (Phi) is 7.54. The van der Waals surface area contributed by atoms with Gasteiger partial charge in [-0.1, -0.05) is 43.7 Å². The molecule has 2 aromatic rings. The van der Waals surface area contributed by atoms with Crippen molar-refractivity contribution in [1.82, 2.24) is 10.2 Å². The number of hydrogen-bond acceptors (Lipinski definition) is 5. The van der Waals surface area contributed by atoms with Crippen LogP contribution in [0.2, 0.25) is 0 Å². The number of anilines is 1. The Morgan fingerprint density at radius 3 is 2.83 bits per heavy atom. The molecule has 0 radical (unpaired) electrons. The molecule has 0 spiro atoms. The van der Waals surface area contributed by atoms with E-state index in [0.717, 1.165) is 12.0 Å². The van der Waals surface area contributed by atoms with Gasteiger partial charge in [0, 0.05) is 6.42 Å². The zero-order chi connectivity index (χ0) is 16.1. The molecular weight excluding hydrogens is 339 g/mol. The lowest BCUT2D eigenvalue weighted by Gasteiger charge is -2.16.